The summed E-state index contributed by atoms with van der Waals surface area (Å²) in [6.07, 6.45) is 3.29. The highest BCUT2D eigenvalue weighted by molar-refractivity contribution is 6.07. The number of aliphatic hydroxyl groups excluding tert-OH is 1. The predicted molar refractivity (Wildman–Crippen MR) is 118 cm³/mol. The third-order valence-corrected chi connectivity index (χ3v) is 6.50. The van der Waals surface area contributed by atoms with Crippen LogP contribution in [0.5, 0.6) is 5.75 Å². The molecule has 1 aromatic heterocycles. The van der Waals surface area contributed by atoms with Gasteiger partial charge in [0.2, 0.25) is 0 Å². The van der Waals surface area contributed by atoms with E-state index in [1.165, 1.54) is 0 Å². The lowest BCUT2D eigenvalue weighted by Gasteiger charge is -2.59. The Morgan fingerprint density at radius 1 is 1.13 bits per heavy atom. The van der Waals surface area contributed by atoms with Crippen molar-refractivity contribution in [3.8, 4) is 5.75 Å². The zero-order valence-electron chi connectivity index (χ0n) is 17.4. The number of nitrogens with zero attached hydrogens (tertiary/aromatic N) is 3. The molecular weight excluding hydrogens is 390 g/mol. The van der Waals surface area contributed by atoms with Gasteiger partial charge in [-0.2, -0.15) is 0 Å². The van der Waals surface area contributed by atoms with Crippen LogP contribution in [0.25, 0.3) is 0 Å². The number of fused-ring (bicyclic) bond motifs is 3. The summed E-state index contributed by atoms with van der Waals surface area (Å²) >= 11 is 0. The van der Waals surface area contributed by atoms with Gasteiger partial charge in [0.1, 0.15) is 5.75 Å². The number of pyridine rings is 1. The molecule has 31 heavy (non-hydrogen) atoms. The summed E-state index contributed by atoms with van der Waals surface area (Å²) in [7, 11) is 1.66. The molecule has 2 aliphatic heterocycles. The normalized spacial score (nSPS) is 22.3. The van der Waals surface area contributed by atoms with Crippen LogP contribution in [0, 0.1) is 0 Å². The van der Waals surface area contributed by atoms with E-state index < -0.39 is 0 Å². The van der Waals surface area contributed by atoms with Crippen molar-refractivity contribution in [2.75, 3.05) is 25.2 Å². The number of likely N-dealkylation sites (tertiary alicyclic amines) is 1. The number of ether oxygens (including phenoxy) is 1. The molecule has 0 unspecified atom stereocenters. The number of aromatic nitrogens is 1. The smallest absolute Gasteiger partial charge is 0.258 e. The molecule has 0 radical (unpaired) electrons. The second kappa shape index (κ2) is 8.13. The van der Waals surface area contributed by atoms with Crippen LogP contribution < -0.4 is 9.64 Å². The Balaban J connectivity index is 1.48. The molecular formula is C25H25N3O3. The topological polar surface area (TPSA) is 65.9 Å². The highest BCUT2D eigenvalue weighted by Crippen LogP contribution is 2.49. The first-order valence-corrected chi connectivity index (χ1v) is 10.5. The first-order valence-electron chi connectivity index (χ1n) is 10.5. The number of carbonyl (C=O) groups is 1. The molecule has 2 aliphatic rings. The summed E-state index contributed by atoms with van der Waals surface area (Å²) in [5, 5.41) is 10.2. The minimum absolute atomic E-state index is 0.0236. The number of hydrogen-bond donors (Lipinski definition) is 1. The Kier molecular flexibility index (Phi) is 5.18. The molecule has 0 bridgehead atoms. The number of amides is 1. The van der Waals surface area contributed by atoms with Crippen LogP contribution in [-0.4, -0.2) is 53.2 Å². The predicted octanol–water partition coefficient (Wildman–Crippen LogP) is 3.08. The number of hydrogen-bond acceptors (Lipinski definition) is 5. The van der Waals surface area contributed by atoms with Crippen molar-refractivity contribution < 1.29 is 14.6 Å². The van der Waals surface area contributed by atoms with Crippen LogP contribution in [0.3, 0.4) is 0 Å². The third kappa shape index (κ3) is 3.38. The van der Waals surface area contributed by atoms with E-state index >= 15 is 0 Å². The van der Waals surface area contributed by atoms with Gasteiger partial charge in [-0.15, -0.1) is 0 Å². The summed E-state index contributed by atoms with van der Waals surface area (Å²) in [5.41, 5.74) is 3.81. The molecule has 0 spiro atoms. The van der Waals surface area contributed by atoms with E-state index in [2.05, 4.69) is 22.0 Å². The molecule has 3 heterocycles. The molecule has 158 valence electrons. The maximum atomic E-state index is 13.4. The van der Waals surface area contributed by atoms with Gasteiger partial charge in [0.15, 0.2) is 0 Å². The SMILES string of the molecule is COc1cccc(CN2[C@H](CO)[C@H]3c4ccccc4N(C(=O)c4ccncc4)C[C@H]32)c1. The summed E-state index contributed by atoms with van der Waals surface area (Å²) in [5.74, 6) is 0.994. The van der Waals surface area contributed by atoms with Gasteiger partial charge in [0.25, 0.3) is 5.91 Å². The van der Waals surface area contributed by atoms with Crippen LogP contribution in [0.1, 0.15) is 27.4 Å². The van der Waals surface area contributed by atoms with Crippen molar-refractivity contribution in [3.05, 3.63) is 89.7 Å². The van der Waals surface area contributed by atoms with E-state index in [-0.39, 0.29) is 30.5 Å². The van der Waals surface area contributed by atoms with E-state index in [1.807, 2.05) is 41.3 Å². The Morgan fingerprint density at radius 3 is 2.71 bits per heavy atom. The first kappa shape index (κ1) is 19.7. The van der Waals surface area contributed by atoms with Gasteiger partial charge in [-0.1, -0.05) is 30.3 Å². The van der Waals surface area contributed by atoms with E-state index in [0.29, 0.717) is 18.7 Å². The summed E-state index contributed by atoms with van der Waals surface area (Å²) < 4.78 is 5.37. The molecule has 2 aromatic carbocycles. The fourth-order valence-electron chi connectivity index (χ4n) is 5.02. The van der Waals surface area contributed by atoms with Gasteiger partial charge in [-0.05, 0) is 41.5 Å². The maximum Gasteiger partial charge on any atom is 0.258 e. The fourth-order valence-corrected chi connectivity index (χ4v) is 5.02. The molecule has 0 aliphatic carbocycles. The standard InChI is InChI=1S/C25H25N3O3/c1-31-19-6-4-5-17(13-19)14-27-22-15-28(25(30)18-9-11-26-12-10-18)21-8-3-2-7-20(21)24(22)23(27)16-29/h2-13,22-24,29H,14-16H2,1H3/t22-,23-,24+/m1/s1. The molecule has 1 fully saturated rings. The van der Waals surface area contributed by atoms with Crippen LogP contribution in [0.2, 0.25) is 0 Å². The Bertz CT molecular complexity index is 1090. The van der Waals surface area contributed by atoms with Crippen molar-refractivity contribution in [1.29, 1.82) is 0 Å². The Hall–Kier alpha value is -3.22. The van der Waals surface area contributed by atoms with Gasteiger partial charge in [-0.3, -0.25) is 14.7 Å². The minimum atomic E-state index is -0.0259. The molecule has 1 N–H and O–H groups in total. The fraction of sp³-hybridized carbons (Fsp3) is 0.280. The monoisotopic (exact) mass is 415 g/mol. The van der Waals surface area contributed by atoms with Crippen LogP contribution >= 0.6 is 0 Å². The summed E-state index contributed by atoms with van der Waals surface area (Å²) in [6, 6.07) is 19.7. The van der Waals surface area contributed by atoms with Crippen LogP contribution in [0.15, 0.2) is 73.1 Å². The molecule has 1 saturated heterocycles. The van der Waals surface area contributed by atoms with E-state index in [1.54, 1.807) is 31.6 Å². The zero-order chi connectivity index (χ0) is 21.4. The number of anilines is 1. The summed E-state index contributed by atoms with van der Waals surface area (Å²) in [4.78, 5) is 21.6. The average Bonchev–Trinajstić information content (AvgIpc) is 2.83. The Labute approximate surface area is 181 Å². The quantitative estimate of drug-likeness (QED) is 0.694. The van der Waals surface area contributed by atoms with Crippen LogP contribution in [-0.2, 0) is 6.54 Å². The molecule has 3 atom stereocenters. The molecule has 6 nitrogen and oxygen atoms in total. The molecule has 6 heteroatoms. The Morgan fingerprint density at radius 2 is 1.94 bits per heavy atom. The van der Waals surface area contributed by atoms with Gasteiger partial charge in [0.05, 0.1) is 13.7 Å². The van der Waals surface area contributed by atoms with E-state index in [0.717, 1.165) is 22.6 Å². The molecule has 5 rings (SSSR count). The second-order valence-corrected chi connectivity index (χ2v) is 8.08. The van der Waals surface area contributed by atoms with Gasteiger partial charge >= 0.3 is 0 Å². The number of carbonyl (C=O) groups excluding carboxylic acids is 1. The van der Waals surface area contributed by atoms with Crippen molar-refractivity contribution in [2.24, 2.45) is 0 Å². The third-order valence-electron chi connectivity index (χ3n) is 6.50. The van der Waals surface area contributed by atoms with Crippen molar-refractivity contribution in [3.63, 3.8) is 0 Å². The number of methoxy groups -OCH3 is 1. The van der Waals surface area contributed by atoms with E-state index in [4.69, 9.17) is 4.74 Å². The largest absolute Gasteiger partial charge is 0.497 e. The highest BCUT2D eigenvalue weighted by atomic mass is 16.5. The molecule has 3 aromatic rings. The minimum Gasteiger partial charge on any atom is -0.497 e. The number of benzene rings is 2. The first-order chi connectivity index (χ1) is 15.2. The van der Waals surface area contributed by atoms with Crippen LogP contribution in [0.4, 0.5) is 5.69 Å². The number of aliphatic hydroxyl groups is 1. The zero-order valence-corrected chi connectivity index (χ0v) is 17.4. The molecule has 1 amide bonds. The molecule has 0 saturated carbocycles. The maximum absolute atomic E-state index is 13.4. The number of para-hydroxylation sites is 1. The van der Waals surface area contributed by atoms with Crippen molar-refractivity contribution in [1.82, 2.24) is 9.88 Å². The lowest BCUT2D eigenvalue weighted by molar-refractivity contribution is -0.0488. The van der Waals surface area contributed by atoms with Crippen molar-refractivity contribution in [2.45, 2.75) is 24.5 Å². The van der Waals surface area contributed by atoms with Gasteiger partial charge in [0, 0.05) is 54.7 Å². The summed E-state index contributed by atoms with van der Waals surface area (Å²) in [6.45, 7) is 1.37. The average molecular weight is 415 g/mol. The van der Waals surface area contributed by atoms with E-state index in [9.17, 15) is 9.90 Å². The highest BCUT2D eigenvalue weighted by Gasteiger charge is 2.53. The van der Waals surface area contributed by atoms with Gasteiger partial charge < -0.3 is 14.7 Å². The van der Waals surface area contributed by atoms with Gasteiger partial charge in [-0.25, -0.2) is 0 Å². The second-order valence-electron chi connectivity index (χ2n) is 8.08. The number of rotatable bonds is 5. The lowest BCUT2D eigenvalue weighted by atomic mass is 9.71. The van der Waals surface area contributed by atoms with Crippen molar-refractivity contribution >= 4 is 11.6 Å². The lowest BCUT2D eigenvalue weighted by Crippen LogP contribution is -2.68.